The van der Waals surface area contributed by atoms with E-state index < -0.39 is 0 Å². The number of furan rings is 1. The third kappa shape index (κ3) is 4.35. The summed E-state index contributed by atoms with van der Waals surface area (Å²) in [6.07, 6.45) is 0.181. The second kappa shape index (κ2) is 8.13. The van der Waals surface area contributed by atoms with Crippen molar-refractivity contribution in [1.29, 1.82) is 0 Å². The number of carbonyl (C=O) groups excluding carboxylic acids is 1. The van der Waals surface area contributed by atoms with Gasteiger partial charge >= 0.3 is 0 Å². The van der Waals surface area contributed by atoms with Crippen LogP contribution in [0.2, 0.25) is 0 Å². The van der Waals surface area contributed by atoms with Gasteiger partial charge in [0.2, 0.25) is 0 Å². The molecule has 2 N–H and O–H groups in total. The van der Waals surface area contributed by atoms with Gasteiger partial charge in [-0.3, -0.25) is 4.79 Å². The number of ether oxygens (including phenoxy) is 1. The molecule has 150 valence electrons. The Morgan fingerprint density at radius 1 is 1.14 bits per heavy atom. The van der Waals surface area contributed by atoms with Gasteiger partial charge in [0.1, 0.15) is 23.4 Å². The monoisotopic (exact) mass is 390 g/mol. The first-order valence-electron chi connectivity index (χ1n) is 9.95. The molecule has 0 aliphatic carbocycles. The second-order valence-corrected chi connectivity index (χ2v) is 7.61. The molecule has 0 bridgehead atoms. The Bertz CT molecular complexity index is 1020. The maximum atomic E-state index is 12.9. The molecule has 4 rings (SSSR count). The van der Waals surface area contributed by atoms with Crippen molar-refractivity contribution in [2.24, 2.45) is 0 Å². The van der Waals surface area contributed by atoms with Crippen molar-refractivity contribution < 1.29 is 13.9 Å². The summed E-state index contributed by atoms with van der Waals surface area (Å²) in [6, 6.07) is 17.5. The molecule has 1 atom stereocenters. The van der Waals surface area contributed by atoms with Crippen molar-refractivity contribution in [1.82, 2.24) is 10.6 Å². The fourth-order valence-electron chi connectivity index (χ4n) is 3.37. The number of amides is 1. The zero-order valence-electron chi connectivity index (χ0n) is 17.0. The Kier molecular flexibility index (Phi) is 5.41. The molecule has 2 aromatic carbocycles. The molecule has 1 amide bonds. The third-order valence-corrected chi connectivity index (χ3v) is 5.26. The minimum atomic E-state index is -0.140. The zero-order chi connectivity index (χ0) is 20.4. The fraction of sp³-hybridized carbons (Fsp3) is 0.292. The van der Waals surface area contributed by atoms with Crippen molar-refractivity contribution in [2.45, 2.75) is 32.9 Å². The molecule has 1 saturated heterocycles. The van der Waals surface area contributed by atoms with Gasteiger partial charge < -0.3 is 19.8 Å². The van der Waals surface area contributed by atoms with Crippen molar-refractivity contribution >= 4 is 5.91 Å². The highest BCUT2D eigenvalue weighted by molar-refractivity contribution is 5.96. The lowest BCUT2D eigenvalue weighted by atomic mass is 10.0. The average molecular weight is 390 g/mol. The van der Waals surface area contributed by atoms with E-state index in [2.05, 4.69) is 16.7 Å². The van der Waals surface area contributed by atoms with Crippen LogP contribution in [0, 0.1) is 13.8 Å². The van der Waals surface area contributed by atoms with E-state index in [9.17, 15) is 4.79 Å². The highest BCUT2D eigenvalue weighted by Crippen LogP contribution is 2.26. The quantitative estimate of drug-likeness (QED) is 0.655. The maximum absolute atomic E-state index is 12.9. The first-order chi connectivity index (χ1) is 14.0. The summed E-state index contributed by atoms with van der Waals surface area (Å²) in [4.78, 5) is 12.9. The van der Waals surface area contributed by atoms with Gasteiger partial charge in [-0.2, -0.15) is 0 Å². The average Bonchev–Trinajstić information content (AvgIpc) is 3.12. The second-order valence-electron chi connectivity index (χ2n) is 7.61. The van der Waals surface area contributed by atoms with E-state index in [1.807, 2.05) is 69.3 Å². The molecule has 5 nitrogen and oxygen atoms in total. The number of rotatable bonds is 6. The van der Waals surface area contributed by atoms with Crippen LogP contribution in [0.1, 0.15) is 40.2 Å². The van der Waals surface area contributed by atoms with Crippen molar-refractivity contribution in [2.75, 3.05) is 13.1 Å². The fourth-order valence-corrected chi connectivity index (χ4v) is 3.37. The van der Waals surface area contributed by atoms with Crippen molar-refractivity contribution in [3.63, 3.8) is 0 Å². The summed E-state index contributed by atoms with van der Waals surface area (Å²) in [5.74, 6) is 2.33. The van der Waals surface area contributed by atoms with Crippen LogP contribution in [0.5, 0.6) is 5.75 Å². The maximum Gasteiger partial charge on any atom is 0.252 e. The molecule has 1 fully saturated rings. The van der Waals surface area contributed by atoms with Gasteiger partial charge in [0.25, 0.3) is 5.91 Å². The standard InChI is InChI=1S/C24H26N2O3/c1-15-7-9-20(29-21-13-25-14-21)12-22(15)24(27)26-17(3)18-5-4-6-19(11-18)23-10-8-16(2)28-23/h4-12,17,21,25H,13-14H2,1-3H3,(H,26,27). The molecule has 5 heteroatoms. The van der Waals surface area contributed by atoms with E-state index in [-0.39, 0.29) is 18.1 Å². The molecule has 0 radical (unpaired) electrons. The van der Waals surface area contributed by atoms with E-state index in [0.717, 1.165) is 47.0 Å². The largest absolute Gasteiger partial charge is 0.488 e. The van der Waals surface area contributed by atoms with Gasteiger partial charge in [0.05, 0.1) is 6.04 Å². The first-order valence-corrected chi connectivity index (χ1v) is 9.95. The number of aryl methyl sites for hydroxylation is 2. The van der Waals surface area contributed by atoms with E-state index in [0.29, 0.717) is 5.56 Å². The van der Waals surface area contributed by atoms with Crippen LogP contribution >= 0.6 is 0 Å². The number of nitrogens with one attached hydrogen (secondary N) is 2. The van der Waals surface area contributed by atoms with Gasteiger partial charge in [-0.15, -0.1) is 0 Å². The van der Waals surface area contributed by atoms with Crippen LogP contribution < -0.4 is 15.4 Å². The molecule has 29 heavy (non-hydrogen) atoms. The molecule has 1 unspecified atom stereocenters. The SMILES string of the molecule is Cc1ccc(-c2cccc(C(C)NC(=O)c3cc(OC4CNC4)ccc3C)c2)o1. The summed E-state index contributed by atoms with van der Waals surface area (Å²) < 4.78 is 11.6. The molecule has 2 heterocycles. The lowest BCUT2D eigenvalue weighted by Gasteiger charge is -2.28. The molecule has 1 aliphatic heterocycles. The molecule has 0 saturated carbocycles. The number of hydrogen-bond donors (Lipinski definition) is 2. The molecular weight excluding hydrogens is 364 g/mol. The van der Waals surface area contributed by atoms with Crippen molar-refractivity contribution in [3.05, 3.63) is 77.0 Å². The zero-order valence-corrected chi connectivity index (χ0v) is 17.0. The summed E-state index contributed by atoms with van der Waals surface area (Å²) in [6.45, 7) is 7.54. The van der Waals surface area contributed by atoms with Crippen LogP contribution in [0.3, 0.4) is 0 Å². The summed E-state index contributed by atoms with van der Waals surface area (Å²) in [5.41, 5.74) is 3.58. The van der Waals surface area contributed by atoms with E-state index >= 15 is 0 Å². The highest BCUT2D eigenvalue weighted by Gasteiger charge is 2.20. The molecule has 1 aliphatic rings. The number of hydrogen-bond acceptors (Lipinski definition) is 4. The van der Waals surface area contributed by atoms with Crippen LogP contribution in [-0.4, -0.2) is 25.1 Å². The Balaban J connectivity index is 1.49. The first kappa shape index (κ1) is 19.3. The number of carbonyl (C=O) groups is 1. The molecule has 1 aromatic heterocycles. The Labute approximate surface area is 171 Å². The Morgan fingerprint density at radius 2 is 1.97 bits per heavy atom. The Hall–Kier alpha value is -3.05. The van der Waals surface area contributed by atoms with Crippen LogP contribution in [0.15, 0.2) is 59.0 Å². The summed E-state index contributed by atoms with van der Waals surface area (Å²) in [7, 11) is 0. The van der Waals surface area contributed by atoms with E-state index in [1.54, 1.807) is 0 Å². The number of benzene rings is 2. The predicted octanol–water partition coefficient (Wildman–Crippen LogP) is 4.41. The molecule has 3 aromatic rings. The third-order valence-electron chi connectivity index (χ3n) is 5.26. The minimum absolute atomic E-state index is 0.105. The summed E-state index contributed by atoms with van der Waals surface area (Å²) >= 11 is 0. The van der Waals surface area contributed by atoms with Gasteiger partial charge in [0.15, 0.2) is 0 Å². The predicted molar refractivity (Wildman–Crippen MR) is 113 cm³/mol. The lowest BCUT2D eigenvalue weighted by molar-refractivity contribution is 0.0937. The van der Waals surface area contributed by atoms with Gasteiger partial charge in [-0.25, -0.2) is 0 Å². The summed E-state index contributed by atoms with van der Waals surface area (Å²) in [5, 5.41) is 6.29. The van der Waals surface area contributed by atoms with Crippen molar-refractivity contribution in [3.8, 4) is 17.1 Å². The highest BCUT2D eigenvalue weighted by atomic mass is 16.5. The van der Waals surface area contributed by atoms with Gasteiger partial charge in [-0.05, 0) is 62.2 Å². The molecular formula is C24H26N2O3. The van der Waals surface area contributed by atoms with Gasteiger partial charge in [0, 0.05) is 24.2 Å². The smallest absolute Gasteiger partial charge is 0.252 e. The van der Waals surface area contributed by atoms with E-state index in [4.69, 9.17) is 9.15 Å². The van der Waals surface area contributed by atoms with Crippen LogP contribution in [0.4, 0.5) is 0 Å². The minimum Gasteiger partial charge on any atom is -0.488 e. The van der Waals surface area contributed by atoms with Crippen LogP contribution in [-0.2, 0) is 0 Å². The Morgan fingerprint density at radius 3 is 2.66 bits per heavy atom. The normalized spacial score (nSPS) is 14.9. The van der Waals surface area contributed by atoms with E-state index in [1.165, 1.54) is 0 Å². The van der Waals surface area contributed by atoms with Crippen LogP contribution in [0.25, 0.3) is 11.3 Å². The topological polar surface area (TPSA) is 63.5 Å². The lowest BCUT2D eigenvalue weighted by Crippen LogP contribution is -2.50. The van der Waals surface area contributed by atoms with Gasteiger partial charge in [-0.1, -0.05) is 24.3 Å². The molecule has 0 spiro atoms.